The molecule has 0 aliphatic rings. The lowest BCUT2D eigenvalue weighted by atomic mass is 10.1. The van der Waals surface area contributed by atoms with Crippen LogP contribution in [-0.2, 0) is 11.2 Å². The predicted octanol–water partition coefficient (Wildman–Crippen LogP) is 5.42. The lowest BCUT2D eigenvalue weighted by Gasteiger charge is -2.10. The number of fused-ring (bicyclic) bond motifs is 1. The summed E-state index contributed by atoms with van der Waals surface area (Å²) in [6.45, 7) is 4.06. The zero-order valence-electron chi connectivity index (χ0n) is 16.1. The van der Waals surface area contributed by atoms with E-state index in [2.05, 4.69) is 46.5 Å². The van der Waals surface area contributed by atoms with Gasteiger partial charge in [0.25, 0.3) is 0 Å². The number of aromatic nitrogens is 2. The largest absolute Gasteiger partial charge is 0.338 e. The monoisotopic (exact) mass is 369 g/mol. The molecule has 2 N–H and O–H groups in total. The number of nitrogens with one attached hydrogen (secondary N) is 2. The molecule has 1 aromatic heterocycles. The molecule has 0 aliphatic heterocycles. The minimum atomic E-state index is 0.0189. The minimum Gasteiger partial charge on any atom is -0.338 e. The number of benzene rings is 3. The third kappa shape index (κ3) is 3.96. The van der Waals surface area contributed by atoms with Gasteiger partial charge in [0.15, 0.2) is 0 Å². The summed E-state index contributed by atoms with van der Waals surface area (Å²) in [5.74, 6) is 0.821. The number of nitrogens with zero attached hydrogens (tertiary/aromatic N) is 1. The maximum Gasteiger partial charge on any atom is 0.224 e. The standard InChI is InChI=1S/C24H23N3O/c1-16-7-10-18(11-8-16)12-14-23(28)25-22-15-19(13-9-17(22)2)24-26-20-5-3-4-6-21(20)27-24/h3-11,13,15H,12,14H2,1-2H3,(H,25,28)(H,26,27). The Morgan fingerprint density at radius 1 is 1.00 bits per heavy atom. The van der Waals surface area contributed by atoms with Gasteiger partial charge in [0, 0.05) is 17.7 Å². The highest BCUT2D eigenvalue weighted by Gasteiger charge is 2.10. The van der Waals surface area contributed by atoms with Crippen molar-refractivity contribution in [2.75, 3.05) is 5.32 Å². The van der Waals surface area contributed by atoms with Crippen molar-refractivity contribution in [2.24, 2.45) is 0 Å². The number of anilines is 1. The Balaban J connectivity index is 1.49. The van der Waals surface area contributed by atoms with Crippen LogP contribution >= 0.6 is 0 Å². The number of amides is 1. The highest BCUT2D eigenvalue weighted by atomic mass is 16.1. The van der Waals surface area contributed by atoms with Crippen LogP contribution in [0, 0.1) is 13.8 Å². The number of carbonyl (C=O) groups is 1. The van der Waals surface area contributed by atoms with Crippen LogP contribution in [0.1, 0.15) is 23.1 Å². The number of imidazole rings is 1. The highest BCUT2D eigenvalue weighted by molar-refractivity contribution is 5.92. The number of carbonyl (C=O) groups excluding carboxylic acids is 1. The Bertz CT molecular complexity index is 1090. The highest BCUT2D eigenvalue weighted by Crippen LogP contribution is 2.25. The Hall–Kier alpha value is -3.40. The first-order valence-corrected chi connectivity index (χ1v) is 9.50. The zero-order chi connectivity index (χ0) is 19.5. The maximum absolute atomic E-state index is 12.5. The predicted molar refractivity (Wildman–Crippen MR) is 114 cm³/mol. The molecule has 0 radical (unpaired) electrons. The quantitative estimate of drug-likeness (QED) is 0.494. The summed E-state index contributed by atoms with van der Waals surface area (Å²) in [7, 11) is 0. The van der Waals surface area contributed by atoms with E-state index in [9.17, 15) is 4.79 Å². The van der Waals surface area contributed by atoms with Crippen LogP contribution in [0.2, 0.25) is 0 Å². The zero-order valence-corrected chi connectivity index (χ0v) is 16.1. The normalized spacial score (nSPS) is 10.9. The van der Waals surface area contributed by atoms with Gasteiger partial charge in [-0.3, -0.25) is 4.79 Å². The smallest absolute Gasteiger partial charge is 0.224 e. The van der Waals surface area contributed by atoms with Crippen LogP contribution in [0.4, 0.5) is 5.69 Å². The van der Waals surface area contributed by atoms with Crippen LogP contribution < -0.4 is 5.32 Å². The van der Waals surface area contributed by atoms with E-state index < -0.39 is 0 Å². The number of aromatic amines is 1. The molecule has 1 amide bonds. The minimum absolute atomic E-state index is 0.0189. The van der Waals surface area contributed by atoms with E-state index in [1.54, 1.807) is 0 Å². The van der Waals surface area contributed by atoms with Gasteiger partial charge >= 0.3 is 0 Å². The van der Waals surface area contributed by atoms with Gasteiger partial charge in [0.1, 0.15) is 5.82 Å². The molecule has 0 aliphatic carbocycles. The van der Waals surface area contributed by atoms with E-state index in [1.165, 1.54) is 11.1 Å². The first-order valence-electron chi connectivity index (χ1n) is 9.50. The number of hydrogen-bond acceptors (Lipinski definition) is 2. The Morgan fingerprint density at radius 3 is 2.57 bits per heavy atom. The molecule has 0 unspecified atom stereocenters. The summed E-state index contributed by atoms with van der Waals surface area (Å²) in [6.07, 6.45) is 1.19. The van der Waals surface area contributed by atoms with Crippen molar-refractivity contribution in [3.05, 3.63) is 83.4 Å². The molecule has 0 fully saturated rings. The topological polar surface area (TPSA) is 57.8 Å². The summed E-state index contributed by atoms with van der Waals surface area (Å²) in [5, 5.41) is 3.06. The van der Waals surface area contributed by atoms with Crippen LogP contribution in [-0.4, -0.2) is 15.9 Å². The van der Waals surface area contributed by atoms with Gasteiger partial charge in [-0.2, -0.15) is 0 Å². The van der Waals surface area contributed by atoms with E-state index in [0.717, 1.165) is 40.1 Å². The molecule has 0 spiro atoms. The van der Waals surface area contributed by atoms with E-state index in [4.69, 9.17) is 0 Å². The molecule has 4 aromatic rings. The molecule has 1 heterocycles. The summed E-state index contributed by atoms with van der Waals surface area (Å²) in [6, 6.07) is 22.3. The number of hydrogen-bond donors (Lipinski definition) is 2. The molecule has 0 saturated heterocycles. The SMILES string of the molecule is Cc1ccc(CCC(=O)Nc2cc(-c3nc4ccccc4[nH]3)ccc2C)cc1. The molecule has 4 rings (SSSR count). The molecule has 4 heteroatoms. The first-order chi connectivity index (χ1) is 13.6. The van der Waals surface area contributed by atoms with Gasteiger partial charge in [0.05, 0.1) is 11.0 Å². The number of aryl methyl sites for hydroxylation is 3. The molecule has 0 saturated carbocycles. The van der Waals surface area contributed by atoms with E-state index in [-0.39, 0.29) is 5.91 Å². The number of para-hydroxylation sites is 2. The third-order valence-electron chi connectivity index (χ3n) is 4.94. The molecule has 3 aromatic carbocycles. The van der Waals surface area contributed by atoms with Gasteiger partial charge in [-0.25, -0.2) is 4.98 Å². The van der Waals surface area contributed by atoms with Crippen molar-refractivity contribution in [3.63, 3.8) is 0 Å². The van der Waals surface area contributed by atoms with E-state index in [0.29, 0.717) is 6.42 Å². The summed E-state index contributed by atoms with van der Waals surface area (Å²) < 4.78 is 0. The molecule has 0 bridgehead atoms. The van der Waals surface area contributed by atoms with Crippen molar-refractivity contribution in [1.82, 2.24) is 9.97 Å². The van der Waals surface area contributed by atoms with Crippen LogP contribution in [0.3, 0.4) is 0 Å². The fraction of sp³-hybridized carbons (Fsp3) is 0.167. The summed E-state index contributed by atoms with van der Waals surface area (Å²) in [5.41, 5.74) is 7.15. The average Bonchev–Trinajstić information content (AvgIpc) is 3.13. The maximum atomic E-state index is 12.5. The molecular weight excluding hydrogens is 346 g/mol. The fourth-order valence-corrected chi connectivity index (χ4v) is 3.22. The van der Waals surface area contributed by atoms with E-state index >= 15 is 0 Å². The lowest BCUT2D eigenvalue weighted by molar-refractivity contribution is -0.116. The van der Waals surface area contributed by atoms with Gasteiger partial charge in [-0.1, -0.05) is 54.1 Å². The van der Waals surface area contributed by atoms with Gasteiger partial charge < -0.3 is 10.3 Å². The third-order valence-corrected chi connectivity index (χ3v) is 4.94. The van der Waals surface area contributed by atoms with Crippen molar-refractivity contribution in [1.29, 1.82) is 0 Å². The second-order valence-corrected chi connectivity index (χ2v) is 7.17. The second kappa shape index (κ2) is 7.69. The molecule has 0 atom stereocenters. The molecular formula is C24H23N3O. The number of H-pyrrole nitrogens is 1. The van der Waals surface area contributed by atoms with Crippen LogP contribution in [0.25, 0.3) is 22.4 Å². The van der Waals surface area contributed by atoms with Gasteiger partial charge in [-0.15, -0.1) is 0 Å². The molecule has 28 heavy (non-hydrogen) atoms. The van der Waals surface area contributed by atoms with Crippen molar-refractivity contribution >= 4 is 22.6 Å². The fourth-order valence-electron chi connectivity index (χ4n) is 3.22. The van der Waals surface area contributed by atoms with Crippen molar-refractivity contribution in [3.8, 4) is 11.4 Å². The van der Waals surface area contributed by atoms with Crippen LogP contribution in [0.15, 0.2) is 66.7 Å². The Morgan fingerprint density at radius 2 is 1.79 bits per heavy atom. The molecule has 4 nitrogen and oxygen atoms in total. The average molecular weight is 369 g/mol. The lowest BCUT2D eigenvalue weighted by Crippen LogP contribution is -2.13. The second-order valence-electron chi connectivity index (χ2n) is 7.17. The van der Waals surface area contributed by atoms with Crippen molar-refractivity contribution in [2.45, 2.75) is 26.7 Å². The summed E-state index contributed by atoms with van der Waals surface area (Å²) >= 11 is 0. The summed E-state index contributed by atoms with van der Waals surface area (Å²) in [4.78, 5) is 20.4. The molecule has 140 valence electrons. The van der Waals surface area contributed by atoms with Crippen molar-refractivity contribution < 1.29 is 4.79 Å². The van der Waals surface area contributed by atoms with Gasteiger partial charge in [-0.05, 0) is 49.6 Å². The van der Waals surface area contributed by atoms with Gasteiger partial charge in [0.2, 0.25) is 5.91 Å². The number of rotatable bonds is 5. The van der Waals surface area contributed by atoms with Crippen LogP contribution in [0.5, 0.6) is 0 Å². The Kier molecular flexibility index (Phi) is 4.94. The van der Waals surface area contributed by atoms with E-state index in [1.807, 2.05) is 49.4 Å². The Labute approximate surface area is 164 Å². The first kappa shape index (κ1) is 18.0.